The standard InChI is InChI=1S/C40H48FN4O8P/c1-26(2)45(27(3)4)54(51-23-11-22-42)53-36-34(52-38(35(36)41)44-24-28(5)37(46)43-39(44)47)25-50-40(29-12-9-8-10-13-29,30-14-18-32(48-6)19-15-30)31-16-20-33(49-7)21-17-31/h8-10,12-21,24,26-27,34-36,38H,11,23,25H2,1-7H3,(H,43,46,47). The van der Waals surface area contributed by atoms with Crippen molar-refractivity contribution in [3.63, 3.8) is 0 Å². The average molecular weight is 763 g/mol. The Hall–Kier alpha value is -4.41. The van der Waals surface area contributed by atoms with Gasteiger partial charge in [0, 0.05) is 23.8 Å². The van der Waals surface area contributed by atoms with Crippen molar-refractivity contribution in [1.82, 2.24) is 14.2 Å². The van der Waals surface area contributed by atoms with Crippen LogP contribution in [0.5, 0.6) is 11.5 Å². The van der Waals surface area contributed by atoms with E-state index in [1.165, 1.54) is 13.1 Å². The Morgan fingerprint density at radius 1 is 0.926 bits per heavy atom. The van der Waals surface area contributed by atoms with Crippen LogP contribution in [0.2, 0.25) is 0 Å². The molecule has 288 valence electrons. The Labute approximate surface area is 316 Å². The number of halogens is 1. The van der Waals surface area contributed by atoms with E-state index >= 15 is 4.39 Å². The fraction of sp³-hybridized carbons (Fsp3) is 0.425. The fourth-order valence-electron chi connectivity index (χ4n) is 6.63. The normalized spacial score (nSPS) is 19.3. The zero-order valence-corrected chi connectivity index (χ0v) is 32.5. The van der Waals surface area contributed by atoms with E-state index in [1.54, 1.807) is 14.2 Å². The number of hydrogen-bond acceptors (Lipinski definition) is 10. The highest BCUT2D eigenvalue weighted by atomic mass is 31.2. The maximum absolute atomic E-state index is 17.1. The number of rotatable bonds is 17. The highest BCUT2D eigenvalue weighted by Crippen LogP contribution is 2.51. The second-order valence-corrected chi connectivity index (χ2v) is 14.8. The van der Waals surface area contributed by atoms with Gasteiger partial charge in [-0.25, -0.2) is 13.9 Å². The maximum atomic E-state index is 17.1. The van der Waals surface area contributed by atoms with Crippen molar-refractivity contribution in [3.8, 4) is 17.6 Å². The number of nitrogens with zero attached hydrogens (tertiary/aromatic N) is 3. The molecular formula is C40H48FN4O8P. The number of methoxy groups -OCH3 is 2. The van der Waals surface area contributed by atoms with Crippen LogP contribution in [0, 0.1) is 18.3 Å². The first kappa shape index (κ1) is 40.8. The number of nitrogens with one attached hydrogen (secondary N) is 1. The van der Waals surface area contributed by atoms with Crippen LogP contribution in [0.3, 0.4) is 0 Å². The molecule has 54 heavy (non-hydrogen) atoms. The van der Waals surface area contributed by atoms with Gasteiger partial charge in [-0.2, -0.15) is 5.26 Å². The summed E-state index contributed by atoms with van der Waals surface area (Å²) >= 11 is 0. The summed E-state index contributed by atoms with van der Waals surface area (Å²) < 4.78 is 57.3. The minimum absolute atomic E-state index is 0.0654. The Morgan fingerprint density at radius 3 is 2.00 bits per heavy atom. The molecule has 0 radical (unpaired) electrons. The third-order valence-electron chi connectivity index (χ3n) is 9.20. The summed E-state index contributed by atoms with van der Waals surface area (Å²) in [5, 5.41) is 9.27. The zero-order valence-electron chi connectivity index (χ0n) is 31.6. The van der Waals surface area contributed by atoms with Crippen LogP contribution >= 0.6 is 8.53 Å². The van der Waals surface area contributed by atoms with E-state index in [2.05, 4.69) is 11.1 Å². The number of benzene rings is 3. The van der Waals surface area contributed by atoms with Crippen molar-refractivity contribution in [2.24, 2.45) is 0 Å². The van der Waals surface area contributed by atoms with Gasteiger partial charge in [-0.05, 0) is 75.6 Å². The predicted molar refractivity (Wildman–Crippen MR) is 203 cm³/mol. The molecule has 1 saturated heterocycles. The van der Waals surface area contributed by atoms with E-state index in [4.69, 9.17) is 28.0 Å². The highest BCUT2D eigenvalue weighted by molar-refractivity contribution is 7.44. The van der Waals surface area contributed by atoms with E-state index < -0.39 is 50.0 Å². The molecule has 4 aromatic rings. The van der Waals surface area contributed by atoms with Gasteiger partial charge < -0.3 is 28.0 Å². The molecule has 5 rings (SSSR count). The van der Waals surface area contributed by atoms with Gasteiger partial charge in [0.1, 0.15) is 29.3 Å². The van der Waals surface area contributed by atoms with Crippen LogP contribution in [0.1, 0.15) is 62.6 Å². The fourth-order valence-corrected chi connectivity index (χ4v) is 8.40. The molecule has 1 N–H and O–H groups in total. The van der Waals surface area contributed by atoms with Crippen LogP contribution in [0.25, 0.3) is 0 Å². The van der Waals surface area contributed by atoms with Crippen molar-refractivity contribution >= 4 is 8.53 Å². The largest absolute Gasteiger partial charge is 0.497 e. The van der Waals surface area contributed by atoms with E-state index in [0.717, 1.165) is 21.3 Å². The number of nitriles is 1. The number of ether oxygens (including phenoxy) is 4. The van der Waals surface area contributed by atoms with E-state index in [9.17, 15) is 14.9 Å². The lowest BCUT2D eigenvalue weighted by Crippen LogP contribution is -2.41. The molecule has 12 nitrogen and oxygen atoms in total. The molecule has 0 bridgehead atoms. The molecule has 1 fully saturated rings. The first-order valence-corrected chi connectivity index (χ1v) is 18.9. The number of aromatic nitrogens is 2. The van der Waals surface area contributed by atoms with Gasteiger partial charge >= 0.3 is 5.69 Å². The minimum atomic E-state index is -1.93. The number of aromatic amines is 1. The number of aryl methyl sites for hydroxylation is 1. The first-order chi connectivity index (χ1) is 25.9. The van der Waals surface area contributed by atoms with Crippen LogP contribution in [0.4, 0.5) is 4.39 Å². The Morgan fingerprint density at radius 2 is 1.48 bits per heavy atom. The summed E-state index contributed by atoms with van der Waals surface area (Å²) in [5.74, 6) is 1.30. The molecule has 0 spiro atoms. The van der Waals surface area contributed by atoms with Gasteiger partial charge in [-0.1, -0.05) is 54.6 Å². The molecule has 2 heterocycles. The number of alkyl halides is 1. The minimum Gasteiger partial charge on any atom is -0.497 e. The first-order valence-electron chi connectivity index (χ1n) is 17.8. The summed E-state index contributed by atoms with van der Waals surface area (Å²) in [7, 11) is 1.25. The quantitative estimate of drug-likeness (QED) is 0.0698. The molecule has 3 aromatic carbocycles. The molecule has 14 heteroatoms. The number of H-pyrrole nitrogens is 1. The third-order valence-corrected chi connectivity index (χ3v) is 11.3. The molecule has 5 atom stereocenters. The van der Waals surface area contributed by atoms with Gasteiger partial charge in [-0.15, -0.1) is 0 Å². The Balaban J connectivity index is 1.64. The second-order valence-electron chi connectivity index (χ2n) is 13.4. The average Bonchev–Trinajstić information content (AvgIpc) is 3.47. The monoisotopic (exact) mass is 762 g/mol. The Bertz CT molecular complexity index is 1910. The molecule has 0 aliphatic carbocycles. The van der Waals surface area contributed by atoms with E-state index in [0.29, 0.717) is 11.5 Å². The van der Waals surface area contributed by atoms with Crippen molar-refractivity contribution in [3.05, 3.63) is 128 Å². The predicted octanol–water partition coefficient (Wildman–Crippen LogP) is 6.77. The lowest BCUT2D eigenvalue weighted by molar-refractivity contribution is -0.0935. The van der Waals surface area contributed by atoms with Gasteiger partial charge in [0.2, 0.25) is 0 Å². The summed E-state index contributed by atoms with van der Waals surface area (Å²) in [6.07, 6.45) is -4.38. The summed E-state index contributed by atoms with van der Waals surface area (Å²) in [5.41, 5.74) is -0.177. The zero-order chi connectivity index (χ0) is 39.0. The Kier molecular flexibility index (Phi) is 13.8. The van der Waals surface area contributed by atoms with E-state index in [1.807, 2.05) is 111 Å². The summed E-state index contributed by atoms with van der Waals surface area (Å²) in [4.78, 5) is 27.6. The van der Waals surface area contributed by atoms with E-state index in [-0.39, 0.29) is 37.3 Å². The molecular weight excluding hydrogens is 714 g/mol. The van der Waals surface area contributed by atoms with Crippen molar-refractivity contribution in [2.75, 3.05) is 27.4 Å². The van der Waals surface area contributed by atoms with Crippen LogP contribution in [-0.2, 0) is 24.1 Å². The van der Waals surface area contributed by atoms with Gasteiger partial charge in [0.05, 0.1) is 39.9 Å². The lowest BCUT2D eigenvalue weighted by atomic mass is 9.80. The second kappa shape index (κ2) is 18.3. The molecule has 1 aromatic heterocycles. The maximum Gasteiger partial charge on any atom is 0.330 e. The molecule has 1 aliphatic rings. The topological polar surface area (TPSA) is 137 Å². The highest BCUT2D eigenvalue weighted by Gasteiger charge is 2.51. The van der Waals surface area contributed by atoms with Crippen molar-refractivity contribution in [2.45, 2.75) is 83.3 Å². The molecule has 5 unspecified atom stereocenters. The molecule has 0 saturated carbocycles. The lowest BCUT2D eigenvalue weighted by Gasteiger charge is -2.39. The SMILES string of the molecule is COc1ccc(C(OCC2OC(n3cc(C)c(=O)[nH]c3=O)C(F)C2OP(OCCC#N)N(C(C)C)C(C)C)(c2ccccc2)c2ccc(OC)cc2)cc1. The number of hydrogen-bond donors (Lipinski definition) is 1. The van der Waals surface area contributed by atoms with Crippen LogP contribution in [0.15, 0.2) is 94.6 Å². The van der Waals surface area contributed by atoms with Crippen LogP contribution in [-0.4, -0.2) is 72.1 Å². The van der Waals surface area contributed by atoms with Crippen molar-refractivity contribution in [1.29, 1.82) is 5.26 Å². The van der Waals surface area contributed by atoms with Gasteiger partial charge in [-0.3, -0.25) is 14.3 Å². The van der Waals surface area contributed by atoms with Gasteiger partial charge in [0.25, 0.3) is 14.1 Å². The molecule has 0 amide bonds. The van der Waals surface area contributed by atoms with Gasteiger partial charge in [0.15, 0.2) is 12.4 Å². The smallest absolute Gasteiger partial charge is 0.330 e. The molecule has 1 aliphatic heterocycles. The van der Waals surface area contributed by atoms with Crippen LogP contribution < -0.4 is 20.7 Å². The third kappa shape index (κ3) is 8.76. The van der Waals surface area contributed by atoms with Crippen molar-refractivity contribution < 1.29 is 32.4 Å². The summed E-state index contributed by atoms with van der Waals surface area (Å²) in [6, 6.07) is 26.6. The summed E-state index contributed by atoms with van der Waals surface area (Å²) in [6.45, 7) is 9.30.